The molecule has 0 aromatic heterocycles. The van der Waals surface area contributed by atoms with E-state index in [0.717, 1.165) is 22.4 Å². The van der Waals surface area contributed by atoms with E-state index in [0.29, 0.717) is 11.1 Å². The van der Waals surface area contributed by atoms with Crippen molar-refractivity contribution in [2.24, 2.45) is 0 Å². The minimum Gasteiger partial charge on any atom is -0.488 e. The molecule has 1 heterocycles. The second-order valence-electron chi connectivity index (χ2n) is 5.79. The zero-order valence-electron chi connectivity index (χ0n) is 13.7. The number of ether oxygens (including phenoxy) is 2. The first kappa shape index (κ1) is 16.0. The summed E-state index contributed by atoms with van der Waals surface area (Å²) in [6, 6.07) is 12.9. The summed E-state index contributed by atoms with van der Waals surface area (Å²) in [6.45, 7) is 3.80. The zero-order chi connectivity index (χ0) is 17.1. The summed E-state index contributed by atoms with van der Waals surface area (Å²) in [5.41, 5.74) is 3.93. The molecular formula is C20H18O4. The molecule has 4 nitrogen and oxygen atoms in total. The van der Waals surface area contributed by atoms with E-state index >= 15 is 0 Å². The highest BCUT2D eigenvalue weighted by Gasteiger charge is 2.19. The number of hydrogen-bond acceptors (Lipinski definition) is 4. The smallest absolute Gasteiger partial charge is 0.337 e. The third-order valence-corrected chi connectivity index (χ3v) is 4.06. The van der Waals surface area contributed by atoms with Gasteiger partial charge >= 0.3 is 5.97 Å². The van der Waals surface area contributed by atoms with Crippen molar-refractivity contribution in [3.63, 3.8) is 0 Å². The molecule has 0 N–H and O–H groups in total. The maximum atomic E-state index is 12.2. The first-order valence-corrected chi connectivity index (χ1v) is 7.74. The molecule has 0 saturated heterocycles. The van der Waals surface area contributed by atoms with E-state index < -0.39 is 5.97 Å². The minimum absolute atomic E-state index is 0.147. The molecule has 4 heteroatoms. The van der Waals surface area contributed by atoms with Crippen molar-refractivity contribution >= 4 is 17.8 Å². The Morgan fingerprint density at radius 1 is 1.08 bits per heavy atom. The van der Waals surface area contributed by atoms with Crippen LogP contribution in [0.4, 0.5) is 0 Å². The van der Waals surface area contributed by atoms with Crippen LogP contribution in [-0.4, -0.2) is 25.0 Å². The molecule has 0 fully saturated rings. The highest BCUT2D eigenvalue weighted by Crippen LogP contribution is 2.26. The molecule has 0 bridgehead atoms. The van der Waals surface area contributed by atoms with Crippen LogP contribution < -0.4 is 4.74 Å². The van der Waals surface area contributed by atoms with Crippen molar-refractivity contribution in [1.29, 1.82) is 0 Å². The topological polar surface area (TPSA) is 52.6 Å². The average Bonchev–Trinajstić information content (AvgIpc) is 2.61. The third-order valence-electron chi connectivity index (χ3n) is 4.06. The third kappa shape index (κ3) is 3.38. The standard InChI is InChI=1S/C20H18O4/c1-13-7-8-15(9-14(13)2)18(21)12-24-20(22)17-10-16-5-3-4-6-19(16)23-11-17/h3-10H,11-12H2,1-2H3. The summed E-state index contributed by atoms with van der Waals surface area (Å²) in [5, 5.41) is 0. The summed E-state index contributed by atoms with van der Waals surface area (Å²) < 4.78 is 10.7. The Balaban J connectivity index is 1.64. The Bertz CT molecular complexity index is 833. The molecule has 0 atom stereocenters. The second kappa shape index (κ2) is 6.71. The van der Waals surface area contributed by atoms with Gasteiger partial charge in [0, 0.05) is 11.1 Å². The highest BCUT2D eigenvalue weighted by molar-refractivity contribution is 6.00. The van der Waals surface area contributed by atoms with Crippen molar-refractivity contribution in [3.8, 4) is 5.75 Å². The lowest BCUT2D eigenvalue weighted by atomic mass is 10.0. The molecule has 0 aliphatic carbocycles. The largest absolute Gasteiger partial charge is 0.488 e. The lowest BCUT2D eigenvalue weighted by Gasteiger charge is -2.16. The molecule has 1 aliphatic rings. The SMILES string of the molecule is Cc1ccc(C(=O)COC(=O)C2=Cc3ccccc3OC2)cc1C. The normalized spacial score (nSPS) is 12.7. The first-order chi connectivity index (χ1) is 11.5. The Morgan fingerprint density at radius 3 is 2.67 bits per heavy atom. The number of esters is 1. The van der Waals surface area contributed by atoms with Gasteiger partial charge in [0.15, 0.2) is 12.4 Å². The van der Waals surface area contributed by atoms with Gasteiger partial charge in [-0.2, -0.15) is 0 Å². The van der Waals surface area contributed by atoms with Crippen LogP contribution in [0, 0.1) is 13.8 Å². The predicted octanol–water partition coefficient (Wildman–Crippen LogP) is 3.51. The zero-order valence-corrected chi connectivity index (χ0v) is 13.7. The molecular weight excluding hydrogens is 304 g/mol. The van der Waals surface area contributed by atoms with Gasteiger partial charge in [0.2, 0.25) is 0 Å². The molecule has 0 amide bonds. The van der Waals surface area contributed by atoms with Crippen molar-refractivity contribution < 1.29 is 19.1 Å². The molecule has 122 valence electrons. The lowest BCUT2D eigenvalue weighted by molar-refractivity contribution is -0.138. The minimum atomic E-state index is -0.526. The van der Waals surface area contributed by atoms with E-state index in [-0.39, 0.29) is 19.0 Å². The van der Waals surface area contributed by atoms with Crippen LogP contribution in [0.2, 0.25) is 0 Å². The summed E-state index contributed by atoms with van der Waals surface area (Å²) in [5.74, 6) is -0.00822. The predicted molar refractivity (Wildman–Crippen MR) is 91.1 cm³/mol. The number of rotatable bonds is 4. The Morgan fingerprint density at radius 2 is 1.88 bits per heavy atom. The molecule has 0 spiro atoms. The first-order valence-electron chi connectivity index (χ1n) is 7.74. The number of carbonyl (C=O) groups is 2. The van der Waals surface area contributed by atoms with E-state index in [1.807, 2.05) is 50.2 Å². The fourth-order valence-electron chi connectivity index (χ4n) is 2.46. The molecule has 0 unspecified atom stereocenters. The van der Waals surface area contributed by atoms with Crippen LogP contribution >= 0.6 is 0 Å². The number of hydrogen-bond donors (Lipinski definition) is 0. The fraction of sp³-hybridized carbons (Fsp3) is 0.200. The van der Waals surface area contributed by atoms with Crippen molar-refractivity contribution in [3.05, 3.63) is 70.3 Å². The summed E-state index contributed by atoms with van der Waals surface area (Å²) >= 11 is 0. The van der Waals surface area contributed by atoms with Gasteiger partial charge in [-0.3, -0.25) is 4.79 Å². The highest BCUT2D eigenvalue weighted by atomic mass is 16.5. The van der Waals surface area contributed by atoms with Gasteiger partial charge in [0.05, 0.1) is 5.57 Å². The van der Waals surface area contributed by atoms with E-state index in [2.05, 4.69) is 0 Å². The number of ketones is 1. The van der Waals surface area contributed by atoms with Gasteiger partial charge in [0.25, 0.3) is 0 Å². The van der Waals surface area contributed by atoms with Gasteiger partial charge in [-0.1, -0.05) is 30.3 Å². The average molecular weight is 322 g/mol. The summed E-state index contributed by atoms with van der Waals surface area (Å²) in [4.78, 5) is 24.3. The molecule has 0 saturated carbocycles. The monoisotopic (exact) mass is 322 g/mol. The number of Topliss-reactive ketones (excluding diaryl/α,β-unsaturated/α-hetero) is 1. The molecule has 3 rings (SSSR count). The van der Waals surface area contributed by atoms with Crippen LogP contribution in [0.1, 0.15) is 27.0 Å². The van der Waals surface area contributed by atoms with Gasteiger partial charge < -0.3 is 9.47 Å². The lowest BCUT2D eigenvalue weighted by Crippen LogP contribution is -2.20. The Hall–Kier alpha value is -2.88. The number of benzene rings is 2. The van der Waals surface area contributed by atoms with E-state index in [1.165, 1.54) is 0 Å². The van der Waals surface area contributed by atoms with Crippen LogP contribution in [0.5, 0.6) is 5.75 Å². The number of aryl methyl sites for hydroxylation is 2. The Labute approximate surface area is 140 Å². The van der Waals surface area contributed by atoms with Gasteiger partial charge in [-0.15, -0.1) is 0 Å². The fourth-order valence-corrected chi connectivity index (χ4v) is 2.46. The van der Waals surface area contributed by atoms with Gasteiger partial charge in [0.1, 0.15) is 12.4 Å². The van der Waals surface area contributed by atoms with Gasteiger partial charge in [-0.25, -0.2) is 4.79 Å². The van der Waals surface area contributed by atoms with E-state index in [1.54, 1.807) is 12.1 Å². The molecule has 0 radical (unpaired) electrons. The number of para-hydroxylation sites is 1. The molecule has 1 aliphatic heterocycles. The van der Waals surface area contributed by atoms with Crippen LogP contribution in [0.25, 0.3) is 6.08 Å². The second-order valence-corrected chi connectivity index (χ2v) is 5.79. The summed E-state index contributed by atoms with van der Waals surface area (Å²) in [6.07, 6.45) is 1.74. The number of carbonyl (C=O) groups excluding carboxylic acids is 2. The van der Waals surface area contributed by atoms with Crippen LogP contribution in [0.15, 0.2) is 48.0 Å². The van der Waals surface area contributed by atoms with E-state index in [9.17, 15) is 9.59 Å². The number of fused-ring (bicyclic) bond motifs is 1. The van der Waals surface area contributed by atoms with Crippen LogP contribution in [0.3, 0.4) is 0 Å². The Kier molecular flexibility index (Phi) is 4.47. The van der Waals surface area contributed by atoms with E-state index in [4.69, 9.17) is 9.47 Å². The maximum Gasteiger partial charge on any atom is 0.337 e. The van der Waals surface area contributed by atoms with Gasteiger partial charge in [-0.05, 0) is 43.2 Å². The molecule has 2 aromatic carbocycles. The quantitative estimate of drug-likeness (QED) is 0.638. The van der Waals surface area contributed by atoms with Crippen molar-refractivity contribution in [2.75, 3.05) is 13.2 Å². The van der Waals surface area contributed by atoms with Crippen LogP contribution in [-0.2, 0) is 9.53 Å². The van der Waals surface area contributed by atoms with Crippen molar-refractivity contribution in [1.82, 2.24) is 0 Å². The van der Waals surface area contributed by atoms with Crippen molar-refractivity contribution in [2.45, 2.75) is 13.8 Å². The maximum absolute atomic E-state index is 12.2. The summed E-state index contributed by atoms with van der Waals surface area (Å²) in [7, 11) is 0. The molecule has 24 heavy (non-hydrogen) atoms. The molecule has 2 aromatic rings.